The molecule has 0 unspecified atom stereocenters. The normalized spacial score (nSPS) is 11.8. The first-order valence-electron chi connectivity index (χ1n) is 9.68. The summed E-state index contributed by atoms with van der Waals surface area (Å²) in [6.07, 6.45) is 3.45. The van der Waals surface area contributed by atoms with Crippen molar-refractivity contribution in [2.75, 3.05) is 5.32 Å². The van der Waals surface area contributed by atoms with Gasteiger partial charge in [-0.1, -0.05) is 41.6 Å². The molecule has 8 heteroatoms. The lowest BCUT2D eigenvalue weighted by molar-refractivity contribution is -0.115. The lowest BCUT2D eigenvalue weighted by Crippen LogP contribution is -2.22. The summed E-state index contributed by atoms with van der Waals surface area (Å²) in [7, 11) is 0. The van der Waals surface area contributed by atoms with Gasteiger partial charge in [0.15, 0.2) is 11.0 Å². The van der Waals surface area contributed by atoms with Crippen LogP contribution >= 0.6 is 23.4 Å². The zero-order valence-electron chi connectivity index (χ0n) is 17.0. The molecule has 4 aromatic rings. The van der Waals surface area contributed by atoms with Crippen molar-refractivity contribution in [3.05, 3.63) is 83.6 Å². The number of benzene rings is 2. The van der Waals surface area contributed by atoms with Crippen molar-refractivity contribution >= 4 is 35.0 Å². The van der Waals surface area contributed by atoms with E-state index in [2.05, 4.69) is 20.5 Å². The van der Waals surface area contributed by atoms with Crippen LogP contribution < -0.4 is 5.32 Å². The molecule has 0 fully saturated rings. The minimum Gasteiger partial charge on any atom is -0.325 e. The summed E-state index contributed by atoms with van der Waals surface area (Å²) < 4.78 is 1.99. The molecule has 4 rings (SSSR count). The monoisotopic (exact) mass is 449 g/mol. The van der Waals surface area contributed by atoms with E-state index in [0.29, 0.717) is 21.7 Å². The molecular formula is C23H20ClN5OS. The fraction of sp³-hybridized carbons (Fsp3) is 0.130. The van der Waals surface area contributed by atoms with Crippen LogP contribution in [0.15, 0.2) is 78.2 Å². The van der Waals surface area contributed by atoms with Crippen molar-refractivity contribution in [1.29, 1.82) is 0 Å². The maximum absolute atomic E-state index is 12.8. The Balaban J connectivity index is 1.65. The molecule has 0 saturated heterocycles. The van der Waals surface area contributed by atoms with E-state index in [0.717, 1.165) is 16.8 Å². The highest BCUT2D eigenvalue weighted by molar-refractivity contribution is 8.00. The first kappa shape index (κ1) is 21.1. The third kappa shape index (κ3) is 4.78. The maximum Gasteiger partial charge on any atom is 0.237 e. The lowest BCUT2D eigenvalue weighted by atomic mass is 10.2. The summed E-state index contributed by atoms with van der Waals surface area (Å²) in [5.74, 6) is 0.571. The van der Waals surface area contributed by atoms with Gasteiger partial charge in [-0.15, -0.1) is 10.2 Å². The second-order valence-corrected chi connectivity index (χ2v) is 8.66. The van der Waals surface area contributed by atoms with Crippen molar-refractivity contribution in [2.45, 2.75) is 24.3 Å². The van der Waals surface area contributed by atoms with Crippen LogP contribution in [0, 0.1) is 6.92 Å². The molecule has 2 aromatic heterocycles. The summed E-state index contributed by atoms with van der Waals surface area (Å²) in [6.45, 7) is 3.88. The average molecular weight is 450 g/mol. The molecule has 0 aliphatic rings. The first-order valence-corrected chi connectivity index (χ1v) is 10.9. The predicted octanol–water partition coefficient (Wildman–Crippen LogP) is 5.41. The van der Waals surface area contributed by atoms with E-state index in [-0.39, 0.29) is 5.91 Å². The number of hydrogen-bond acceptors (Lipinski definition) is 5. The zero-order valence-corrected chi connectivity index (χ0v) is 18.6. The largest absolute Gasteiger partial charge is 0.325 e. The fourth-order valence-corrected chi connectivity index (χ4v) is 4.04. The van der Waals surface area contributed by atoms with Gasteiger partial charge in [0.25, 0.3) is 0 Å². The van der Waals surface area contributed by atoms with Gasteiger partial charge in [0, 0.05) is 28.7 Å². The Kier molecular flexibility index (Phi) is 6.34. The number of nitrogens with one attached hydrogen (secondary N) is 1. The van der Waals surface area contributed by atoms with Crippen molar-refractivity contribution in [3.8, 4) is 17.1 Å². The highest BCUT2D eigenvalue weighted by atomic mass is 35.5. The van der Waals surface area contributed by atoms with E-state index in [1.54, 1.807) is 36.7 Å². The molecule has 0 aliphatic carbocycles. The second kappa shape index (κ2) is 9.32. The number of halogens is 1. The first-order chi connectivity index (χ1) is 15.0. The zero-order chi connectivity index (χ0) is 21.8. The van der Waals surface area contributed by atoms with E-state index >= 15 is 0 Å². The molecule has 2 heterocycles. The van der Waals surface area contributed by atoms with Crippen LogP contribution in [0.4, 0.5) is 5.69 Å². The molecule has 0 bridgehead atoms. The van der Waals surface area contributed by atoms with Crippen LogP contribution in [0.25, 0.3) is 17.1 Å². The Bertz CT molecular complexity index is 1190. The molecule has 31 heavy (non-hydrogen) atoms. The molecule has 0 radical (unpaired) electrons. The SMILES string of the molecule is Cc1ccccc1-n1c(S[C@@H](C)C(=O)Nc2ccc(Cl)cc2)nnc1-c1ccncc1. The number of amides is 1. The minimum atomic E-state index is -0.395. The van der Waals surface area contributed by atoms with Gasteiger partial charge in [-0.3, -0.25) is 14.3 Å². The van der Waals surface area contributed by atoms with Gasteiger partial charge >= 0.3 is 0 Å². The van der Waals surface area contributed by atoms with Gasteiger partial charge in [0.1, 0.15) is 0 Å². The highest BCUT2D eigenvalue weighted by Gasteiger charge is 2.22. The number of aryl methyl sites for hydroxylation is 1. The molecular weight excluding hydrogens is 430 g/mol. The highest BCUT2D eigenvalue weighted by Crippen LogP contribution is 2.31. The van der Waals surface area contributed by atoms with E-state index < -0.39 is 5.25 Å². The van der Waals surface area contributed by atoms with Crippen molar-refractivity contribution in [1.82, 2.24) is 19.7 Å². The average Bonchev–Trinajstić information content (AvgIpc) is 3.19. The number of para-hydroxylation sites is 1. The van der Waals surface area contributed by atoms with Gasteiger partial charge in [-0.2, -0.15) is 0 Å². The molecule has 156 valence electrons. The lowest BCUT2D eigenvalue weighted by Gasteiger charge is -2.15. The van der Waals surface area contributed by atoms with E-state index in [9.17, 15) is 4.79 Å². The molecule has 1 atom stereocenters. The third-order valence-electron chi connectivity index (χ3n) is 4.69. The number of rotatable bonds is 6. The van der Waals surface area contributed by atoms with Gasteiger partial charge < -0.3 is 5.32 Å². The van der Waals surface area contributed by atoms with Gasteiger partial charge in [-0.05, 0) is 61.9 Å². The van der Waals surface area contributed by atoms with Crippen LogP contribution in [0.2, 0.25) is 5.02 Å². The van der Waals surface area contributed by atoms with Crippen molar-refractivity contribution in [2.24, 2.45) is 0 Å². The van der Waals surface area contributed by atoms with Gasteiger partial charge in [0.2, 0.25) is 5.91 Å². The van der Waals surface area contributed by atoms with Crippen LogP contribution in [0.1, 0.15) is 12.5 Å². The van der Waals surface area contributed by atoms with Crippen LogP contribution in [-0.2, 0) is 4.79 Å². The number of carbonyl (C=O) groups excluding carboxylic acids is 1. The van der Waals surface area contributed by atoms with Crippen molar-refractivity contribution in [3.63, 3.8) is 0 Å². The van der Waals surface area contributed by atoms with Crippen molar-refractivity contribution < 1.29 is 4.79 Å². The summed E-state index contributed by atoms with van der Waals surface area (Å²) in [5.41, 5.74) is 3.64. The quantitative estimate of drug-likeness (QED) is 0.398. The summed E-state index contributed by atoms with van der Waals surface area (Å²) in [5, 5.41) is 12.6. The molecule has 1 N–H and O–H groups in total. The molecule has 0 spiro atoms. The number of aromatic nitrogens is 4. The van der Waals surface area contributed by atoms with Gasteiger partial charge in [0.05, 0.1) is 10.9 Å². The minimum absolute atomic E-state index is 0.128. The molecule has 0 saturated carbocycles. The number of nitrogens with zero attached hydrogens (tertiary/aromatic N) is 4. The molecule has 0 aliphatic heterocycles. The Labute approximate surface area is 189 Å². The van der Waals surface area contributed by atoms with Gasteiger partial charge in [-0.25, -0.2) is 0 Å². The standard InChI is InChI=1S/C23H20ClN5OS/c1-15-5-3-4-6-20(15)29-21(17-11-13-25-14-12-17)27-28-23(29)31-16(2)22(30)26-19-9-7-18(24)8-10-19/h3-14,16H,1-2H3,(H,26,30)/t16-/m0/s1. The number of pyridine rings is 1. The molecule has 2 aromatic carbocycles. The summed E-state index contributed by atoms with van der Waals surface area (Å²) in [6, 6.07) is 18.8. The molecule has 1 amide bonds. The van der Waals surface area contributed by atoms with E-state index in [1.807, 2.05) is 54.8 Å². The maximum atomic E-state index is 12.8. The number of carbonyl (C=O) groups is 1. The third-order valence-corrected chi connectivity index (χ3v) is 5.99. The Morgan fingerprint density at radius 2 is 1.74 bits per heavy atom. The predicted molar refractivity (Wildman–Crippen MR) is 125 cm³/mol. The Morgan fingerprint density at radius 1 is 1.03 bits per heavy atom. The van der Waals surface area contributed by atoms with Crippen LogP contribution in [0.3, 0.4) is 0 Å². The number of thioether (sulfide) groups is 1. The fourth-order valence-electron chi connectivity index (χ4n) is 3.05. The number of hydrogen-bond donors (Lipinski definition) is 1. The smallest absolute Gasteiger partial charge is 0.237 e. The number of anilines is 1. The second-order valence-electron chi connectivity index (χ2n) is 6.92. The Morgan fingerprint density at radius 3 is 2.45 bits per heavy atom. The summed E-state index contributed by atoms with van der Waals surface area (Å²) in [4.78, 5) is 16.9. The van der Waals surface area contributed by atoms with E-state index in [1.165, 1.54) is 11.8 Å². The summed E-state index contributed by atoms with van der Waals surface area (Å²) >= 11 is 7.28. The topological polar surface area (TPSA) is 72.7 Å². The van der Waals surface area contributed by atoms with Crippen LogP contribution in [-0.4, -0.2) is 30.9 Å². The Hall–Kier alpha value is -3.16. The van der Waals surface area contributed by atoms with Crippen LogP contribution in [0.5, 0.6) is 0 Å². The molecule has 6 nitrogen and oxygen atoms in total. The van der Waals surface area contributed by atoms with E-state index in [4.69, 9.17) is 11.6 Å².